The Morgan fingerprint density at radius 1 is 1.03 bits per heavy atom. The first-order valence-corrected chi connectivity index (χ1v) is 11.8. The zero-order valence-electron chi connectivity index (χ0n) is 19.0. The lowest BCUT2D eigenvalue weighted by Crippen LogP contribution is -2.43. The lowest BCUT2D eigenvalue weighted by Gasteiger charge is -2.29. The monoisotopic (exact) mass is 432 g/mol. The topological polar surface area (TPSA) is 79.1 Å². The van der Waals surface area contributed by atoms with E-state index in [1.807, 2.05) is 26.1 Å². The maximum absolute atomic E-state index is 5.47. The largest absolute Gasteiger partial charge is 0.367 e. The molecule has 3 aromatic heterocycles. The Labute approximate surface area is 189 Å². The highest BCUT2D eigenvalue weighted by Gasteiger charge is 2.19. The third kappa shape index (κ3) is 4.48. The smallest absolute Gasteiger partial charge is 0.141 e. The summed E-state index contributed by atoms with van der Waals surface area (Å²) in [6.45, 7) is 7.80. The highest BCUT2D eigenvalue weighted by Crippen LogP contribution is 2.33. The van der Waals surface area contributed by atoms with Crippen molar-refractivity contribution in [2.75, 3.05) is 36.4 Å². The fourth-order valence-electron chi connectivity index (χ4n) is 4.88. The Balaban J connectivity index is 1.52. The van der Waals surface area contributed by atoms with Gasteiger partial charge in [0.2, 0.25) is 0 Å². The van der Waals surface area contributed by atoms with E-state index in [0.29, 0.717) is 6.04 Å². The van der Waals surface area contributed by atoms with Gasteiger partial charge in [0.1, 0.15) is 17.4 Å². The molecular weight excluding hydrogens is 400 g/mol. The molecule has 0 aromatic carbocycles. The van der Waals surface area contributed by atoms with E-state index in [0.717, 1.165) is 71.7 Å². The third-order valence-electron chi connectivity index (χ3n) is 6.59. The van der Waals surface area contributed by atoms with Crippen molar-refractivity contribution in [1.29, 1.82) is 0 Å². The van der Waals surface area contributed by atoms with Crippen LogP contribution in [0.4, 0.5) is 11.6 Å². The average molecular weight is 433 g/mol. The summed E-state index contributed by atoms with van der Waals surface area (Å²) in [7, 11) is 0. The molecule has 0 spiro atoms. The van der Waals surface area contributed by atoms with E-state index in [1.54, 1.807) is 0 Å². The number of hydrogen-bond donors (Lipinski definition) is 2. The summed E-state index contributed by atoms with van der Waals surface area (Å²) in [4.78, 5) is 12.0. The van der Waals surface area contributed by atoms with Crippen LogP contribution in [0.5, 0.6) is 0 Å². The molecular formula is C25H32N6O. The Morgan fingerprint density at radius 3 is 2.59 bits per heavy atom. The van der Waals surface area contributed by atoms with E-state index in [-0.39, 0.29) is 0 Å². The van der Waals surface area contributed by atoms with Gasteiger partial charge in [-0.25, -0.2) is 9.97 Å². The van der Waals surface area contributed by atoms with Gasteiger partial charge in [-0.15, -0.1) is 0 Å². The molecule has 2 aliphatic rings. The molecule has 168 valence electrons. The Morgan fingerprint density at radius 2 is 1.84 bits per heavy atom. The summed E-state index contributed by atoms with van der Waals surface area (Å²) in [6, 6.07) is 9.02. The predicted molar refractivity (Wildman–Crippen MR) is 128 cm³/mol. The standard InChI is InChI=1S/C25H32N6O/c1-17-25(18(2)32-30-17)20-14-22(29-24(16-20)31-12-10-26-11-13-31)19-8-9-27-23(15-19)28-21-6-4-3-5-7-21/h8-9,14-16,21,26H,3-7,10-13H2,1-2H3,(H,27,28). The van der Waals surface area contributed by atoms with Gasteiger partial charge in [0.05, 0.1) is 11.4 Å². The Hall–Kier alpha value is -2.93. The fourth-order valence-corrected chi connectivity index (χ4v) is 4.88. The molecule has 1 aliphatic carbocycles. The van der Waals surface area contributed by atoms with Gasteiger partial charge in [-0.1, -0.05) is 24.4 Å². The van der Waals surface area contributed by atoms with Crippen LogP contribution in [0, 0.1) is 13.8 Å². The number of nitrogens with zero attached hydrogens (tertiary/aromatic N) is 4. The quantitative estimate of drug-likeness (QED) is 0.611. The minimum Gasteiger partial charge on any atom is -0.367 e. The number of rotatable bonds is 5. The van der Waals surface area contributed by atoms with Crippen LogP contribution in [0.1, 0.15) is 43.6 Å². The number of piperazine rings is 1. The van der Waals surface area contributed by atoms with Crippen molar-refractivity contribution < 1.29 is 4.52 Å². The number of aryl methyl sites for hydroxylation is 2. The molecule has 7 nitrogen and oxygen atoms in total. The van der Waals surface area contributed by atoms with Crippen molar-refractivity contribution in [3.63, 3.8) is 0 Å². The second-order valence-electron chi connectivity index (χ2n) is 8.94. The normalized spacial score (nSPS) is 17.5. The first-order valence-electron chi connectivity index (χ1n) is 11.8. The molecule has 7 heteroatoms. The van der Waals surface area contributed by atoms with Crippen LogP contribution in [0.2, 0.25) is 0 Å². The number of nitrogens with one attached hydrogen (secondary N) is 2. The molecule has 1 saturated carbocycles. The minimum atomic E-state index is 0.518. The molecule has 0 atom stereocenters. The molecule has 1 saturated heterocycles. The van der Waals surface area contributed by atoms with Gasteiger partial charge in [-0.2, -0.15) is 0 Å². The molecule has 0 unspecified atom stereocenters. The molecule has 0 bridgehead atoms. The summed E-state index contributed by atoms with van der Waals surface area (Å²) in [5.41, 5.74) is 5.08. The van der Waals surface area contributed by atoms with Crippen LogP contribution >= 0.6 is 0 Å². The number of aromatic nitrogens is 3. The highest BCUT2D eigenvalue weighted by molar-refractivity contribution is 5.76. The van der Waals surface area contributed by atoms with Gasteiger partial charge in [-0.3, -0.25) is 0 Å². The first-order chi connectivity index (χ1) is 15.7. The molecule has 0 amide bonds. The van der Waals surface area contributed by atoms with E-state index in [1.165, 1.54) is 32.1 Å². The molecule has 32 heavy (non-hydrogen) atoms. The Kier molecular flexibility index (Phi) is 6.08. The van der Waals surface area contributed by atoms with Gasteiger partial charge in [-0.05, 0) is 56.5 Å². The summed E-state index contributed by atoms with van der Waals surface area (Å²) in [5, 5.41) is 11.3. The minimum absolute atomic E-state index is 0.518. The van der Waals surface area contributed by atoms with E-state index < -0.39 is 0 Å². The van der Waals surface area contributed by atoms with Crippen LogP contribution in [-0.4, -0.2) is 47.3 Å². The maximum Gasteiger partial charge on any atom is 0.141 e. The van der Waals surface area contributed by atoms with Crippen molar-refractivity contribution in [3.05, 3.63) is 41.9 Å². The van der Waals surface area contributed by atoms with Crippen molar-refractivity contribution >= 4 is 11.6 Å². The second-order valence-corrected chi connectivity index (χ2v) is 8.94. The summed E-state index contributed by atoms with van der Waals surface area (Å²) < 4.78 is 5.47. The van der Waals surface area contributed by atoms with Crippen molar-refractivity contribution in [2.24, 2.45) is 0 Å². The highest BCUT2D eigenvalue weighted by atomic mass is 16.5. The molecule has 5 rings (SSSR count). The predicted octanol–water partition coefficient (Wildman–Crippen LogP) is 4.57. The van der Waals surface area contributed by atoms with Crippen LogP contribution in [0.25, 0.3) is 22.4 Å². The zero-order valence-corrected chi connectivity index (χ0v) is 19.0. The van der Waals surface area contributed by atoms with Gasteiger partial charge in [0.25, 0.3) is 0 Å². The first kappa shape index (κ1) is 20.9. The van der Waals surface area contributed by atoms with E-state index in [2.05, 4.69) is 43.9 Å². The van der Waals surface area contributed by atoms with Crippen LogP contribution < -0.4 is 15.5 Å². The number of anilines is 2. The average Bonchev–Trinajstić information content (AvgIpc) is 3.18. The number of hydrogen-bond acceptors (Lipinski definition) is 7. The molecule has 2 N–H and O–H groups in total. The third-order valence-corrected chi connectivity index (χ3v) is 6.59. The summed E-state index contributed by atoms with van der Waals surface area (Å²) in [6.07, 6.45) is 8.27. The summed E-state index contributed by atoms with van der Waals surface area (Å²) >= 11 is 0. The van der Waals surface area contributed by atoms with Gasteiger partial charge in [0, 0.05) is 49.5 Å². The van der Waals surface area contributed by atoms with Crippen LogP contribution in [0.3, 0.4) is 0 Å². The van der Waals surface area contributed by atoms with Crippen LogP contribution in [0.15, 0.2) is 35.0 Å². The van der Waals surface area contributed by atoms with Crippen molar-refractivity contribution in [2.45, 2.75) is 52.0 Å². The Bertz CT molecular complexity index is 1050. The van der Waals surface area contributed by atoms with Gasteiger partial charge < -0.3 is 20.1 Å². The lowest BCUT2D eigenvalue weighted by atomic mass is 9.95. The molecule has 4 heterocycles. The molecule has 3 aromatic rings. The maximum atomic E-state index is 5.47. The SMILES string of the molecule is Cc1noc(C)c1-c1cc(-c2ccnc(NC3CCCCC3)c2)nc(N2CCNCC2)c1. The number of pyridine rings is 2. The fraction of sp³-hybridized carbons (Fsp3) is 0.480. The second kappa shape index (κ2) is 9.28. The molecule has 1 aliphatic heterocycles. The van der Waals surface area contributed by atoms with Crippen LogP contribution in [-0.2, 0) is 0 Å². The molecule has 0 radical (unpaired) electrons. The summed E-state index contributed by atoms with van der Waals surface area (Å²) in [5.74, 6) is 2.76. The van der Waals surface area contributed by atoms with E-state index in [9.17, 15) is 0 Å². The zero-order chi connectivity index (χ0) is 21.9. The van der Waals surface area contributed by atoms with Gasteiger partial charge >= 0.3 is 0 Å². The van der Waals surface area contributed by atoms with E-state index in [4.69, 9.17) is 9.51 Å². The van der Waals surface area contributed by atoms with Gasteiger partial charge in [0.15, 0.2) is 0 Å². The van der Waals surface area contributed by atoms with E-state index >= 15 is 0 Å². The van der Waals surface area contributed by atoms with Crippen molar-refractivity contribution in [3.8, 4) is 22.4 Å². The lowest BCUT2D eigenvalue weighted by molar-refractivity contribution is 0.393. The molecule has 2 fully saturated rings. The van der Waals surface area contributed by atoms with Crippen molar-refractivity contribution in [1.82, 2.24) is 20.4 Å².